The van der Waals surface area contributed by atoms with E-state index in [-0.39, 0.29) is 16.0 Å². The molecule has 0 atom stereocenters. The Hall–Kier alpha value is -1.57. The molecule has 0 saturated heterocycles. The number of nitrogens with one attached hydrogen (secondary N) is 1. The highest BCUT2D eigenvalue weighted by atomic mass is 35.5. The lowest BCUT2D eigenvalue weighted by Gasteiger charge is -2.30. The van der Waals surface area contributed by atoms with Gasteiger partial charge in [-0.05, 0) is 41.8 Å². The van der Waals surface area contributed by atoms with Crippen LogP contribution in [-0.2, 0) is 27.8 Å². The van der Waals surface area contributed by atoms with E-state index in [1.54, 1.807) is 12.1 Å². The molecule has 0 aliphatic carbocycles. The second-order valence-corrected chi connectivity index (χ2v) is 9.94. The summed E-state index contributed by atoms with van der Waals surface area (Å²) in [6.07, 6.45) is 0.779. The summed E-state index contributed by atoms with van der Waals surface area (Å²) in [5.41, 5.74) is 2.61. The molecule has 0 spiro atoms. The minimum absolute atomic E-state index is 0.0492. The average Bonchev–Trinajstić information content (AvgIpc) is 3.00. The van der Waals surface area contributed by atoms with Crippen molar-refractivity contribution in [3.8, 4) is 0 Å². The number of halogens is 1. The largest absolute Gasteiger partial charge is 0.338 e. The lowest BCUT2D eigenvalue weighted by molar-refractivity contribution is -0.135. The molecule has 0 radical (unpaired) electrons. The Morgan fingerprint density at radius 2 is 2.00 bits per heavy atom. The zero-order chi connectivity index (χ0) is 18.2. The molecular weight excluding hydrogens is 380 g/mol. The third-order valence-electron chi connectivity index (χ3n) is 4.09. The first-order valence-corrected chi connectivity index (χ1v) is 10.6. The number of benzene rings is 1. The summed E-state index contributed by atoms with van der Waals surface area (Å²) in [6.45, 7) is 4.97. The number of rotatable bonds is 4. The van der Waals surface area contributed by atoms with E-state index in [2.05, 4.69) is 4.72 Å². The first-order valence-electron chi connectivity index (χ1n) is 7.95. The Morgan fingerprint density at radius 1 is 1.24 bits per heavy atom. The third kappa shape index (κ3) is 3.99. The maximum atomic E-state index is 12.4. The first kappa shape index (κ1) is 18.2. The summed E-state index contributed by atoms with van der Waals surface area (Å²) in [5.74, 6) is 0.0664. The molecule has 134 valence electrons. The Bertz CT molecular complexity index is 906. The van der Waals surface area contributed by atoms with Crippen molar-refractivity contribution in [2.75, 3.05) is 11.3 Å². The van der Waals surface area contributed by atoms with Crippen molar-refractivity contribution < 1.29 is 13.2 Å². The fourth-order valence-corrected chi connectivity index (χ4v) is 5.35. The SMILES string of the molecule is CC(C)C(=O)N1CCc2ccc(NS(=O)(=O)c3ccc(Cl)s3)cc2C1. The van der Waals surface area contributed by atoms with Gasteiger partial charge in [-0.2, -0.15) is 0 Å². The van der Waals surface area contributed by atoms with Gasteiger partial charge in [0.1, 0.15) is 4.21 Å². The summed E-state index contributed by atoms with van der Waals surface area (Å²) in [4.78, 5) is 14.0. The highest BCUT2D eigenvalue weighted by Crippen LogP contribution is 2.29. The van der Waals surface area contributed by atoms with Crippen LogP contribution in [0.15, 0.2) is 34.5 Å². The number of carbonyl (C=O) groups excluding carboxylic acids is 1. The summed E-state index contributed by atoms with van der Waals surface area (Å²) >= 11 is 6.84. The molecule has 2 aromatic rings. The maximum Gasteiger partial charge on any atom is 0.271 e. The zero-order valence-corrected chi connectivity index (χ0v) is 16.3. The Morgan fingerprint density at radius 3 is 2.64 bits per heavy atom. The number of anilines is 1. The Labute approximate surface area is 156 Å². The lowest BCUT2D eigenvalue weighted by atomic mass is 9.98. The summed E-state index contributed by atoms with van der Waals surface area (Å²) in [6, 6.07) is 8.53. The van der Waals surface area contributed by atoms with E-state index in [4.69, 9.17) is 11.6 Å². The molecule has 1 N–H and O–H groups in total. The van der Waals surface area contributed by atoms with Crippen molar-refractivity contribution in [1.29, 1.82) is 0 Å². The van der Waals surface area contributed by atoms with Gasteiger partial charge in [0.15, 0.2) is 0 Å². The summed E-state index contributed by atoms with van der Waals surface area (Å²) in [5, 5.41) is 0. The quantitative estimate of drug-likeness (QED) is 0.852. The molecule has 5 nitrogen and oxygen atoms in total. The van der Waals surface area contributed by atoms with Crippen molar-refractivity contribution in [2.24, 2.45) is 5.92 Å². The van der Waals surface area contributed by atoms with E-state index >= 15 is 0 Å². The van der Waals surface area contributed by atoms with Gasteiger partial charge in [-0.3, -0.25) is 9.52 Å². The number of amides is 1. The van der Waals surface area contributed by atoms with E-state index in [0.29, 0.717) is 23.1 Å². The van der Waals surface area contributed by atoms with Crippen molar-refractivity contribution in [1.82, 2.24) is 4.90 Å². The maximum absolute atomic E-state index is 12.4. The predicted molar refractivity (Wildman–Crippen MR) is 101 cm³/mol. The molecule has 1 amide bonds. The van der Waals surface area contributed by atoms with Crippen LogP contribution in [0.4, 0.5) is 5.69 Å². The minimum atomic E-state index is -3.66. The molecule has 0 fully saturated rings. The first-order chi connectivity index (χ1) is 11.8. The van der Waals surface area contributed by atoms with E-state index in [9.17, 15) is 13.2 Å². The van der Waals surface area contributed by atoms with Gasteiger partial charge in [-0.1, -0.05) is 31.5 Å². The smallest absolute Gasteiger partial charge is 0.271 e. The molecule has 2 heterocycles. The van der Waals surface area contributed by atoms with Crippen LogP contribution >= 0.6 is 22.9 Å². The number of nitrogens with zero attached hydrogens (tertiary/aromatic N) is 1. The predicted octanol–water partition coefficient (Wildman–Crippen LogP) is 3.74. The van der Waals surface area contributed by atoms with Crippen LogP contribution in [0.1, 0.15) is 25.0 Å². The van der Waals surface area contributed by atoms with Crippen molar-refractivity contribution in [2.45, 2.75) is 31.0 Å². The van der Waals surface area contributed by atoms with Gasteiger partial charge in [-0.25, -0.2) is 8.42 Å². The van der Waals surface area contributed by atoms with Crippen LogP contribution in [0, 0.1) is 5.92 Å². The molecule has 0 unspecified atom stereocenters. The number of thiophene rings is 1. The van der Waals surface area contributed by atoms with Crippen LogP contribution in [0.5, 0.6) is 0 Å². The van der Waals surface area contributed by atoms with E-state index in [1.807, 2.05) is 30.9 Å². The molecule has 8 heteroatoms. The molecule has 1 aromatic carbocycles. The molecular formula is C17H19ClN2O3S2. The second-order valence-electron chi connectivity index (χ2n) is 6.31. The standard InChI is InChI=1S/C17H19ClN2O3S2/c1-11(2)17(21)20-8-7-12-3-4-14(9-13(12)10-20)19-25(22,23)16-6-5-15(18)24-16/h3-6,9,11,19H,7-8,10H2,1-2H3. The molecule has 0 saturated carbocycles. The number of hydrogen-bond acceptors (Lipinski definition) is 4. The molecule has 3 rings (SSSR count). The average molecular weight is 399 g/mol. The molecule has 0 bridgehead atoms. The van der Waals surface area contributed by atoms with Crippen LogP contribution in [0.3, 0.4) is 0 Å². The fourth-order valence-electron chi connectivity index (χ4n) is 2.82. The van der Waals surface area contributed by atoms with E-state index in [1.165, 1.54) is 6.07 Å². The van der Waals surface area contributed by atoms with Crippen LogP contribution in [-0.4, -0.2) is 25.8 Å². The van der Waals surface area contributed by atoms with E-state index in [0.717, 1.165) is 28.9 Å². The monoisotopic (exact) mass is 398 g/mol. The van der Waals surface area contributed by atoms with Crippen LogP contribution < -0.4 is 4.72 Å². The number of sulfonamides is 1. The minimum Gasteiger partial charge on any atom is -0.338 e. The number of carbonyl (C=O) groups is 1. The second kappa shape index (κ2) is 6.97. The molecule has 1 aromatic heterocycles. The van der Waals surface area contributed by atoms with Crippen LogP contribution in [0.2, 0.25) is 4.34 Å². The highest BCUT2D eigenvalue weighted by Gasteiger charge is 2.23. The lowest BCUT2D eigenvalue weighted by Crippen LogP contribution is -2.38. The van der Waals surface area contributed by atoms with Crippen molar-refractivity contribution >= 4 is 44.6 Å². The molecule has 1 aliphatic rings. The van der Waals surface area contributed by atoms with Gasteiger partial charge in [0.05, 0.1) is 4.34 Å². The summed E-state index contributed by atoms with van der Waals surface area (Å²) in [7, 11) is -3.66. The number of fused-ring (bicyclic) bond motifs is 1. The highest BCUT2D eigenvalue weighted by molar-refractivity contribution is 7.94. The topological polar surface area (TPSA) is 66.5 Å². The molecule has 25 heavy (non-hydrogen) atoms. The summed E-state index contributed by atoms with van der Waals surface area (Å²) < 4.78 is 28.0. The fraction of sp³-hybridized carbons (Fsp3) is 0.353. The number of hydrogen-bond donors (Lipinski definition) is 1. The van der Waals surface area contributed by atoms with Crippen molar-refractivity contribution in [3.63, 3.8) is 0 Å². The molecule has 1 aliphatic heterocycles. The van der Waals surface area contributed by atoms with Gasteiger partial charge >= 0.3 is 0 Å². The van der Waals surface area contributed by atoms with Gasteiger partial charge in [0.2, 0.25) is 5.91 Å². The third-order valence-corrected chi connectivity index (χ3v) is 7.19. The zero-order valence-electron chi connectivity index (χ0n) is 14.0. The van der Waals surface area contributed by atoms with Crippen molar-refractivity contribution in [3.05, 3.63) is 45.8 Å². The van der Waals surface area contributed by atoms with Gasteiger partial charge in [-0.15, -0.1) is 11.3 Å². The Kier molecular flexibility index (Phi) is 5.09. The normalized spacial score (nSPS) is 14.5. The van der Waals surface area contributed by atoms with E-state index < -0.39 is 10.0 Å². The van der Waals surface area contributed by atoms with Crippen LogP contribution in [0.25, 0.3) is 0 Å². The van der Waals surface area contributed by atoms with Gasteiger partial charge < -0.3 is 4.90 Å². The van der Waals surface area contributed by atoms with Gasteiger partial charge in [0.25, 0.3) is 10.0 Å². The Balaban J connectivity index is 1.82. The van der Waals surface area contributed by atoms with Gasteiger partial charge in [0, 0.05) is 24.7 Å².